The average Bonchev–Trinajstić information content (AvgIpc) is 2.68. The lowest BCUT2D eigenvalue weighted by molar-refractivity contribution is 0.0918. The fraction of sp³-hybridized carbons (Fsp3) is 0.267. The van der Waals surface area contributed by atoms with Gasteiger partial charge in [-0.15, -0.1) is 0 Å². The molecule has 0 spiro atoms. The molecule has 0 aliphatic carbocycles. The summed E-state index contributed by atoms with van der Waals surface area (Å²) in [6.07, 6.45) is 0. The van der Waals surface area contributed by atoms with Crippen molar-refractivity contribution in [1.82, 2.24) is 4.57 Å². The second-order valence-electron chi connectivity index (χ2n) is 4.61. The molecule has 0 amide bonds. The molecule has 2 rings (SSSR count). The molecule has 106 valence electrons. The van der Waals surface area contributed by atoms with Crippen molar-refractivity contribution in [2.75, 3.05) is 6.61 Å². The number of rotatable bonds is 4. The van der Waals surface area contributed by atoms with Gasteiger partial charge in [-0.1, -0.05) is 17.7 Å². The quantitative estimate of drug-likeness (QED) is 0.806. The van der Waals surface area contributed by atoms with Crippen molar-refractivity contribution in [3.8, 4) is 5.75 Å². The van der Waals surface area contributed by atoms with Crippen molar-refractivity contribution in [3.63, 3.8) is 0 Å². The van der Waals surface area contributed by atoms with Gasteiger partial charge in [-0.3, -0.25) is 4.79 Å². The number of ether oxygens (including phenoxy) is 1. The van der Waals surface area contributed by atoms with Crippen LogP contribution in [0.25, 0.3) is 0 Å². The molecule has 0 saturated heterocycles. The Morgan fingerprint density at radius 3 is 2.70 bits per heavy atom. The third-order valence-corrected chi connectivity index (χ3v) is 3.64. The predicted octanol–water partition coefficient (Wildman–Crippen LogP) is 3.70. The van der Waals surface area contributed by atoms with E-state index in [1.54, 1.807) is 12.1 Å². The van der Waals surface area contributed by atoms with Gasteiger partial charge in [0, 0.05) is 24.0 Å². The number of carbonyl (C=O) groups excluding carboxylic acids is 1. The number of aromatic nitrogens is 1. The highest BCUT2D eigenvalue weighted by Gasteiger charge is 2.16. The van der Waals surface area contributed by atoms with Crippen LogP contribution in [-0.4, -0.2) is 17.0 Å². The lowest BCUT2D eigenvalue weighted by Crippen LogP contribution is -2.13. The summed E-state index contributed by atoms with van der Waals surface area (Å²) < 4.78 is 20.8. The van der Waals surface area contributed by atoms with Crippen LogP contribution in [0.15, 0.2) is 24.3 Å². The van der Waals surface area contributed by atoms with Crippen molar-refractivity contribution < 1.29 is 13.9 Å². The first-order valence-corrected chi connectivity index (χ1v) is 6.52. The standard InChI is InChI=1S/C15H15ClFNO2/c1-9-7-11(10(2)18(9)3)13(19)8-20-14-6-4-5-12(16)15(14)17/h4-7H,8H2,1-3H3. The summed E-state index contributed by atoms with van der Waals surface area (Å²) in [4.78, 5) is 12.1. The number of halogens is 2. The highest BCUT2D eigenvalue weighted by molar-refractivity contribution is 6.30. The molecule has 2 aromatic rings. The lowest BCUT2D eigenvalue weighted by Gasteiger charge is -2.07. The van der Waals surface area contributed by atoms with E-state index in [0.29, 0.717) is 5.56 Å². The second kappa shape index (κ2) is 5.67. The van der Waals surface area contributed by atoms with Gasteiger partial charge >= 0.3 is 0 Å². The van der Waals surface area contributed by atoms with Gasteiger partial charge in [0.2, 0.25) is 5.78 Å². The minimum atomic E-state index is -0.650. The number of aryl methyl sites for hydroxylation is 1. The summed E-state index contributed by atoms with van der Waals surface area (Å²) in [6, 6.07) is 6.24. The molecule has 0 unspecified atom stereocenters. The number of Topliss-reactive ketones (excluding diaryl/α,β-unsaturated/α-hetero) is 1. The first-order valence-electron chi connectivity index (χ1n) is 6.14. The largest absolute Gasteiger partial charge is 0.482 e. The Kier molecular flexibility index (Phi) is 4.14. The monoisotopic (exact) mass is 295 g/mol. The summed E-state index contributed by atoms with van der Waals surface area (Å²) in [5, 5.41) is -0.0262. The zero-order valence-corrected chi connectivity index (χ0v) is 12.3. The highest BCUT2D eigenvalue weighted by Crippen LogP contribution is 2.24. The molecular formula is C15H15ClFNO2. The zero-order chi connectivity index (χ0) is 14.9. The van der Waals surface area contributed by atoms with Crippen LogP contribution in [0.5, 0.6) is 5.75 Å². The Morgan fingerprint density at radius 1 is 1.40 bits per heavy atom. The van der Waals surface area contributed by atoms with Gasteiger partial charge in [0.05, 0.1) is 5.02 Å². The minimum absolute atomic E-state index is 0.0174. The molecule has 0 atom stereocenters. The van der Waals surface area contributed by atoms with E-state index in [2.05, 4.69) is 0 Å². The molecule has 3 nitrogen and oxygen atoms in total. The van der Waals surface area contributed by atoms with Crippen molar-refractivity contribution in [2.45, 2.75) is 13.8 Å². The summed E-state index contributed by atoms with van der Waals surface area (Å²) in [5.41, 5.74) is 2.44. The molecule has 0 aliphatic rings. The van der Waals surface area contributed by atoms with E-state index >= 15 is 0 Å². The molecular weight excluding hydrogens is 281 g/mol. The van der Waals surface area contributed by atoms with Crippen LogP contribution in [0.2, 0.25) is 5.02 Å². The first kappa shape index (κ1) is 14.6. The molecule has 0 N–H and O–H groups in total. The summed E-state index contributed by atoms with van der Waals surface area (Å²) >= 11 is 5.65. The Morgan fingerprint density at radius 2 is 2.10 bits per heavy atom. The van der Waals surface area contributed by atoms with Gasteiger partial charge in [0.15, 0.2) is 18.2 Å². The first-order chi connectivity index (χ1) is 9.41. The van der Waals surface area contributed by atoms with Crippen molar-refractivity contribution in [1.29, 1.82) is 0 Å². The van der Waals surface area contributed by atoms with E-state index in [1.807, 2.05) is 25.5 Å². The summed E-state index contributed by atoms with van der Waals surface area (Å²) in [5.74, 6) is -0.857. The van der Waals surface area contributed by atoms with Gasteiger partial charge in [0.1, 0.15) is 0 Å². The fourth-order valence-electron chi connectivity index (χ4n) is 1.95. The third-order valence-electron chi connectivity index (χ3n) is 3.35. The molecule has 1 aromatic heterocycles. The molecule has 0 saturated carbocycles. The number of carbonyl (C=O) groups is 1. The van der Waals surface area contributed by atoms with Crippen LogP contribution >= 0.6 is 11.6 Å². The predicted molar refractivity (Wildman–Crippen MR) is 76.1 cm³/mol. The molecule has 1 aromatic carbocycles. The topological polar surface area (TPSA) is 31.2 Å². The Balaban J connectivity index is 2.13. The smallest absolute Gasteiger partial charge is 0.202 e. The number of ketones is 1. The van der Waals surface area contributed by atoms with Crippen LogP contribution in [0.1, 0.15) is 21.7 Å². The van der Waals surface area contributed by atoms with Gasteiger partial charge in [-0.2, -0.15) is 0 Å². The molecule has 0 bridgehead atoms. The van der Waals surface area contributed by atoms with Gasteiger partial charge in [-0.05, 0) is 32.0 Å². The number of nitrogens with zero attached hydrogens (tertiary/aromatic N) is 1. The van der Waals surface area contributed by atoms with Gasteiger partial charge < -0.3 is 9.30 Å². The molecule has 0 radical (unpaired) electrons. The second-order valence-corrected chi connectivity index (χ2v) is 5.01. The Bertz CT molecular complexity index is 664. The van der Waals surface area contributed by atoms with E-state index in [9.17, 15) is 9.18 Å². The van der Waals surface area contributed by atoms with E-state index in [-0.39, 0.29) is 23.2 Å². The van der Waals surface area contributed by atoms with E-state index in [1.165, 1.54) is 12.1 Å². The molecule has 5 heteroatoms. The van der Waals surface area contributed by atoms with Crippen molar-refractivity contribution in [2.24, 2.45) is 7.05 Å². The van der Waals surface area contributed by atoms with E-state index < -0.39 is 5.82 Å². The fourth-order valence-corrected chi connectivity index (χ4v) is 2.12. The summed E-state index contributed by atoms with van der Waals surface area (Å²) in [6.45, 7) is 3.56. The third kappa shape index (κ3) is 2.70. The van der Waals surface area contributed by atoms with Crippen LogP contribution in [0.4, 0.5) is 4.39 Å². The maximum atomic E-state index is 13.6. The average molecular weight is 296 g/mol. The molecule has 1 heterocycles. The van der Waals surface area contributed by atoms with Crippen molar-refractivity contribution >= 4 is 17.4 Å². The van der Waals surface area contributed by atoms with Crippen LogP contribution < -0.4 is 4.74 Å². The van der Waals surface area contributed by atoms with Crippen molar-refractivity contribution in [3.05, 3.63) is 52.1 Å². The molecule has 20 heavy (non-hydrogen) atoms. The Hall–Kier alpha value is -1.81. The highest BCUT2D eigenvalue weighted by atomic mass is 35.5. The maximum Gasteiger partial charge on any atom is 0.202 e. The number of hydrogen-bond donors (Lipinski definition) is 0. The van der Waals surface area contributed by atoms with Crippen LogP contribution in [0, 0.1) is 19.7 Å². The van der Waals surface area contributed by atoms with E-state index in [0.717, 1.165) is 11.4 Å². The molecule has 0 fully saturated rings. The number of hydrogen-bond acceptors (Lipinski definition) is 2. The SMILES string of the molecule is Cc1cc(C(=O)COc2cccc(Cl)c2F)c(C)n1C. The van der Waals surface area contributed by atoms with Gasteiger partial charge in [0.25, 0.3) is 0 Å². The Labute approximate surface area is 121 Å². The van der Waals surface area contributed by atoms with Gasteiger partial charge in [-0.25, -0.2) is 4.39 Å². The van der Waals surface area contributed by atoms with Crippen LogP contribution in [0.3, 0.4) is 0 Å². The zero-order valence-electron chi connectivity index (χ0n) is 11.5. The number of benzene rings is 1. The molecule has 0 aliphatic heterocycles. The van der Waals surface area contributed by atoms with Crippen LogP contribution in [-0.2, 0) is 7.05 Å². The van der Waals surface area contributed by atoms with E-state index in [4.69, 9.17) is 16.3 Å². The minimum Gasteiger partial charge on any atom is -0.482 e. The maximum absolute atomic E-state index is 13.6. The normalized spacial score (nSPS) is 10.7. The lowest BCUT2D eigenvalue weighted by atomic mass is 10.1. The summed E-state index contributed by atoms with van der Waals surface area (Å²) in [7, 11) is 1.89.